The Morgan fingerprint density at radius 3 is 1.24 bits per heavy atom. The molecule has 0 atom stereocenters. The Morgan fingerprint density at radius 1 is 0.810 bits per heavy atom. The van der Waals surface area contributed by atoms with E-state index >= 15 is 0 Å². The third-order valence-corrected chi connectivity index (χ3v) is 2.20. The van der Waals surface area contributed by atoms with Gasteiger partial charge in [-0.2, -0.15) is 49.2 Å². The van der Waals surface area contributed by atoms with Crippen molar-refractivity contribution in [3.05, 3.63) is 93.1 Å². The van der Waals surface area contributed by atoms with Crippen molar-refractivity contribution in [2.75, 3.05) is 6.61 Å². The molecular formula is C19H27OTi. The molecule has 113 valence electrons. The van der Waals surface area contributed by atoms with Gasteiger partial charge in [0.05, 0.1) is 0 Å². The second-order valence-electron chi connectivity index (χ2n) is 4.05. The van der Waals surface area contributed by atoms with Gasteiger partial charge in [-0.25, -0.2) is 0 Å². The number of aliphatic hydroxyl groups is 1. The van der Waals surface area contributed by atoms with E-state index in [1.807, 2.05) is 60.7 Å². The molecule has 0 aliphatic rings. The van der Waals surface area contributed by atoms with Crippen LogP contribution in [-0.4, -0.2) is 11.7 Å². The fraction of sp³-hybridized carbons (Fsp3) is 0.211. The van der Waals surface area contributed by atoms with Crippen LogP contribution >= 0.6 is 0 Å². The zero-order valence-electron chi connectivity index (χ0n) is 13.3. The number of hydrogen-bond donors (Lipinski definition) is 1. The van der Waals surface area contributed by atoms with E-state index in [0.717, 1.165) is 24.0 Å². The fourth-order valence-electron chi connectivity index (χ4n) is 1.11. The summed E-state index contributed by atoms with van der Waals surface area (Å²) in [5.41, 5.74) is 2.14. The predicted molar refractivity (Wildman–Crippen MR) is 90.2 cm³/mol. The number of unbranched alkanes of at least 4 members (excludes halogenated alkanes) is 1. The number of benzene rings is 2. The molecule has 0 aromatic heterocycles. The Kier molecular flexibility index (Phi) is 22.3. The van der Waals surface area contributed by atoms with E-state index in [4.69, 9.17) is 5.11 Å². The van der Waals surface area contributed by atoms with E-state index in [0.29, 0.717) is 6.61 Å². The molecule has 0 fully saturated rings. The van der Waals surface area contributed by atoms with Gasteiger partial charge in [0.15, 0.2) is 0 Å². The summed E-state index contributed by atoms with van der Waals surface area (Å²) in [7, 11) is 0. The second-order valence-corrected chi connectivity index (χ2v) is 4.05. The minimum absolute atomic E-state index is 0. The van der Waals surface area contributed by atoms with E-state index in [-0.39, 0.29) is 29.1 Å². The quantitative estimate of drug-likeness (QED) is 0.612. The summed E-state index contributed by atoms with van der Waals surface area (Å²) < 4.78 is 0. The van der Waals surface area contributed by atoms with Crippen LogP contribution in [0.2, 0.25) is 0 Å². The second kappa shape index (κ2) is 18.9. The molecule has 1 radical (unpaired) electrons. The van der Waals surface area contributed by atoms with Crippen LogP contribution in [0.15, 0.2) is 60.7 Å². The maximum absolute atomic E-state index is 8.07. The van der Waals surface area contributed by atoms with Gasteiger partial charge in [0.25, 0.3) is 0 Å². The Bertz CT molecular complexity index is 347. The first-order chi connectivity index (χ1) is 9.20. The molecule has 2 aromatic rings. The average molecular weight is 319 g/mol. The van der Waals surface area contributed by atoms with Crippen molar-refractivity contribution in [2.45, 2.75) is 19.8 Å². The maximum Gasteiger partial charge on any atom is 3.00 e. The van der Waals surface area contributed by atoms with Gasteiger partial charge in [0.2, 0.25) is 0 Å². The van der Waals surface area contributed by atoms with Crippen molar-refractivity contribution in [1.29, 1.82) is 0 Å². The average Bonchev–Trinajstić information content (AvgIpc) is 2.43. The summed E-state index contributed by atoms with van der Waals surface area (Å²) in [5.74, 6) is 0. The van der Waals surface area contributed by atoms with Crippen LogP contribution in [0.1, 0.15) is 30.9 Å². The molecule has 2 aromatic carbocycles. The zero-order chi connectivity index (χ0) is 14.3. The third kappa shape index (κ3) is 18.9. The molecule has 0 amide bonds. The third-order valence-electron chi connectivity index (χ3n) is 2.20. The van der Waals surface area contributed by atoms with Gasteiger partial charge >= 0.3 is 21.7 Å². The summed E-state index contributed by atoms with van der Waals surface area (Å²) in [4.78, 5) is 0. The summed E-state index contributed by atoms with van der Waals surface area (Å²) in [6, 6.07) is 19.7. The Hall–Kier alpha value is -1.15. The van der Waals surface area contributed by atoms with Crippen LogP contribution in [-0.2, 0) is 21.7 Å². The van der Waals surface area contributed by atoms with Gasteiger partial charge in [-0.3, -0.25) is 0 Å². The molecule has 2 heteroatoms. The van der Waals surface area contributed by atoms with Crippen LogP contribution in [0.3, 0.4) is 0 Å². The van der Waals surface area contributed by atoms with Gasteiger partial charge in [0.1, 0.15) is 0 Å². The van der Waals surface area contributed by atoms with Crippen molar-refractivity contribution in [1.82, 2.24) is 0 Å². The number of hydrogen-bond acceptors (Lipinski definition) is 1. The van der Waals surface area contributed by atoms with Crippen LogP contribution in [0.25, 0.3) is 0 Å². The van der Waals surface area contributed by atoms with Crippen molar-refractivity contribution in [3.8, 4) is 0 Å². The smallest absolute Gasteiger partial charge is 0.396 e. The fourth-order valence-corrected chi connectivity index (χ4v) is 1.11. The number of aliphatic hydroxyl groups excluding tert-OH is 1. The molecular weight excluding hydrogens is 292 g/mol. The molecule has 0 heterocycles. The normalized spacial score (nSPS) is 7.71. The first-order valence-electron chi connectivity index (χ1n) is 6.55. The topological polar surface area (TPSA) is 20.2 Å². The van der Waals surface area contributed by atoms with Gasteiger partial charge < -0.3 is 12.5 Å². The van der Waals surface area contributed by atoms with Crippen molar-refractivity contribution in [3.63, 3.8) is 0 Å². The molecule has 0 aliphatic carbocycles. The van der Waals surface area contributed by atoms with Crippen molar-refractivity contribution < 1.29 is 26.8 Å². The van der Waals surface area contributed by atoms with Crippen molar-refractivity contribution >= 4 is 0 Å². The molecule has 1 nitrogen and oxygen atoms in total. The predicted octanol–water partition coefficient (Wildman–Crippen LogP) is 4.96. The molecule has 21 heavy (non-hydrogen) atoms. The van der Waals surface area contributed by atoms with Gasteiger partial charge in [-0.15, -0.1) is 24.3 Å². The van der Waals surface area contributed by atoms with Gasteiger partial charge in [0, 0.05) is 6.61 Å². The maximum atomic E-state index is 8.07. The van der Waals surface area contributed by atoms with E-state index in [1.165, 1.54) is 0 Å². The summed E-state index contributed by atoms with van der Waals surface area (Å²) >= 11 is 0. The molecule has 0 saturated heterocycles. The Balaban J connectivity index is -0.000000225. The van der Waals surface area contributed by atoms with E-state index < -0.39 is 0 Å². The van der Waals surface area contributed by atoms with Gasteiger partial charge in [-0.1, -0.05) is 25.5 Å². The monoisotopic (exact) mass is 319 g/mol. The molecule has 0 saturated carbocycles. The molecule has 0 bridgehead atoms. The van der Waals surface area contributed by atoms with Crippen LogP contribution in [0.4, 0.5) is 0 Å². The first kappa shape index (κ1) is 24.8. The Morgan fingerprint density at radius 2 is 1.14 bits per heavy atom. The van der Waals surface area contributed by atoms with Crippen molar-refractivity contribution in [2.24, 2.45) is 0 Å². The van der Waals surface area contributed by atoms with E-state index in [9.17, 15) is 0 Å². The molecule has 0 aliphatic heterocycles. The summed E-state index contributed by atoms with van der Waals surface area (Å²) in [5, 5.41) is 8.07. The molecule has 0 spiro atoms. The number of rotatable bonds is 2. The van der Waals surface area contributed by atoms with Crippen LogP contribution in [0, 0.1) is 21.3 Å². The van der Waals surface area contributed by atoms with E-state index in [1.54, 1.807) is 0 Å². The molecule has 1 N–H and O–H groups in total. The summed E-state index contributed by atoms with van der Waals surface area (Å²) in [6.07, 6.45) is 2.04. The summed E-state index contributed by atoms with van der Waals surface area (Å²) in [6.45, 7) is 9.84. The standard InChI is InChI=1S/2C7H7.C4H10O.CH3.Ti/c2*1-7-5-3-2-4-6-7;1-2-3-4-5;;/h2*2-6H,1H2;5H,2-4H2,1H3;1H3;/q2*-1;;-1;+3. The molecule has 2 rings (SSSR count). The minimum atomic E-state index is 0. The van der Waals surface area contributed by atoms with E-state index in [2.05, 4.69) is 20.8 Å². The molecule has 0 unspecified atom stereocenters. The zero-order valence-corrected chi connectivity index (χ0v) is 14.8. The van der Waals surface area contributed by atoms with Crippen LogP contribution in [0.5, 0.6) is 0 Å². The van der Waals surface area contributed by atoms with Crippen LogP contribution < -0.4 is 0 Å². The minimum Gasteiger partial charge on any atom is -0.396 e. The largest absolute Gasteiger partial charge is 3.00 e. The Labute approximate surface area is 146 Å². The first-order valence-corrected chi connectivity index (χ1v) is 6.55. The SMILES string of the molecule is CCCCO.[CH2-]c1ccccc1.[CH2-]c1ccccc1.[CH3-].[Ti+3]. The van der Waals surface area contributed by atoms with Gasteiger partial charge in [-0.05, 0) is 6.42 Å².